The number of carbonyl (C=O) groups is 1. The first-order chi connectivity index (χ1) is 13.6. The average Bonchev–Trinajstić information content (AvgIpc) is 2.67. The zero-order valence-corrected chi connectivity index (χ0v) is 19.3. The Morgan fingerprint density at radius 3 is 2.24 bits per heavy atom. The van der Waals surface area contributed by atoms with Crippen molar-refractivity contribution in [3.05, 3.63) is 63.6 Å². The smallest absolute Gasteiger partial charge is 0.244 e. The van der Waals surface area contributed by atoms with Gasteiger partial charge in [0.05, 0.1) is 23.0 Å². The summed E-state index contributed by atoms with van der Waals surface area (Å²) < 4.78 is 26.2. The quantitative estimate of drug-likeness (QED) is 0.608. The van der Waals surface area contributed by atoms with Gasteiger partial charge >= 0.3 is 0 Å². The predicted molar refractivity (Wildman–Crippen MR) is 120 cm³/mol. The first-order valence-electron chi connectivity index (χ1n) is 9.42. The Morgan fingerprint density at radius 1 is 1.10 bits per heavy atom. The number of hydrogen-bond acceptors (Lipinski definition) is 3. The van der Waals surface area contributed by atoms with E-state index >= 15 is 0 Å². The van der Waals surface area contributed by atoms with Crippen LogP contribution in [0.4, 0.5) is 5.69 Å². The van der Waals surface area contributed by atoms with Crippen molar-refractivity contribution in [3.63, 3.8) is 0 Å². The molecule has 2 aromatic carbocycles. The monoisotopic (exact) mass is 456 g/mol. The fourth-order valence-electron chi connectivity index (χ4n) is 3.13. The molecule has 8 heteroatoms. The van der Waals surface area contributed by atoms with Gasteiger partial charge in [0.1, 0.15) is 6.04 Å². The van der Waals surface area contributed by atoms with Crippen molar-refractivity contribution >= 4 is 44.8 Å². The molecule has 0 aliphatic heterocycles. The third-order valence-electron chi connectivity index (χ3n) is 4.72. The van der Waals surface area contributed by atoms with E-state index in [0.29, 0.717) is 5.02 Å². The van der Waals surface area contributed by atoms with Crippen molar-refractivity contribution in [1.82, 2.24) is 5.32 Å². The molecule has 0 spiro atoms. The minimum Gasteiger partial charge on any atom is -0.348 e. The molecule has 158 valence electrons. The Hall–Kier alpha value is -1.76. The van der Waals surface area contributed by atoms with Gasteiger partial charge < -0.3 is 5.32 Å². The second kappa shape index (κ2) is 9.83. The standard InChI is InChI=1S/C21H26Cl2N2O3S/c1-5-15-7-9-16(10-8-15)14(3)24-21(26)19(6-2)25(29(4,27)28)20-13-17(22)11-12-18(20)23/h7-14,19H,5-6H2,1-4H3,(H,24,26)/t14-,19-/m0/s1. The summed E-state index contributed by atoms with van der Waals surface area (Å²) in [5.74, 6) is -0.402. The van der Waals surface area contributed by atoms with Gasteiger partial charge in [-0.3, -0.25) is 9.10 Å². The molecule has 5 nitrogen and oxygen atoms in total. The van der Waals surface area contributed by atoms with Crippen LogP contribution in [0.15, 0.2) is 42.5 Å². The van der Waals surface area contributed by atoms with Crippen molar-refractivity contribution < 1.29 is 13.2 Å². The molecule has 2 rings (SSSR count). The average molecular weight is 457 g/mol. The Labute approximate surface area is 183 Å². The minimum absolute atomic E-state index is 0.184. The van der Waals surface area contributed by atoms with E-state index in [4.69, 9.17) is 23.2 Å². The van der Waals surface area contributed by atoms with Crippen molar-refractivity contribution in [2.75, 3.05) is 10.6 Å². The molecule has 0 aromatic heterocycles. The molecule has 0 saturated carbocycles. The van der Waals surface area contributed by atoms with Gasteiger partial charge in [0.2, 0.25) is 15.9 Å². The topological polar surface area (TPSA) is 66.5 Å². The van der Waals surface area contributed by atoms with Crippen LogP contribution in [0.3, 0.4) is 0 Å². The molecule has 2 aromatic rings. The second-order valence-electron chi connectivity index (χ2n) is 6.90. The highest BCUT2D eigenvalue weighted by molar-refractivity contribution is 7.92. The minimum atomic E-state index is -3.79. The molecule has 0 unspecified atom stereocenters. The van der Waals surface area contributed by atoms with Crippen LogP contribution in [0.25, 0.3) is 0 Å². The highest BCUT2D eigenvalue weighted by Crippen LogP contribution is 2.33. The van der Waals surface area contributed by atoms with Crippen molar-refractivity contribution in [1.29, 1.82) is 0 Å². The Morgan fingerprint density at radius 2 is 1.72 bits per heavy atom. The highest BCUT2D eigenvalue weighted by atomic mass is 35.5. The number of sulfonamides is 1. The Kier molecular flexibility index (Phi) is 7.97. The third kappa shape index (κ3) is 5.87. The molecule has 1 N–H and O–H groups in total. The van der Waals surface area contributed by atoms with E-state index in [1.165, 1.54) is 17.7 Å². The Bertz CT molecular complexity index is 962. The van der Waals surface area contributed by atoms with Crippen LogP contribution < -0.4 is 9.62 Å². The normalized spacial score (nSPS) is 13.6. The van der Waals surface area contributed by atoms with E-state index in [0.717, 1.165) is 22.5 Å². The molecular formula is C21H26Cl2N2O3S. The fraction of sp³-hybridized carbons (Fsp3) is 0.381. The van der Waals surface area contributed by atoms with E-state index < -0.39 is 22.0 Å². The van der Waals surface area contributed by atoms with Gasteiger partial charge in [-0.05, 0) is 49.1 Å². The van der Waals surface area contributed by atoms with Gasteiger partial charge in [-0.2, -0.15) is 0 Å². The first-order valence-corrected chi connectivity index (χ1v) is 12.0. The fourth-order valence-corrected chi connectivity index (χ4v) is 4.77. The summed E-state index contributed by atoms with van der Waals surface area (Å²) in [5.41, 5.74) is 2.33. The molecule has 0 aliphatic rings. The van der Waals surface area contributed by atoms with Gasteiger partial charge in [-0.15, -0.1) is 0 Å². The van der Waals surface area contributed by atoms with Crippen LogP contribution in [0.5, 0.6) is 0 Å². The van der Waals surface area contributed by atoms with E-state index in [1.54, 1.807) is 13.0 Å². The van der Waals surface area contributed by atoms with Crippen LogP contribution in [0.1, 0.15) is 44.4 Å². The molecule has 29 heavy (non-hydrogen) atoms. The lowest BCUT2D eigenvalue weighted by atomic mass is 10.0. The van der Waals surface area contributed by atoms with E-state index in [1.807, 2.05) is 31.2 Å². The Balaban J connectivity index is 2.34. The number of amides is 1. The number of benzene rings is 2. The lowest BCUT2D eigenvalue weighted by Gasteiger charge is -2.31. The van der Waals surface area contributed by atoms with Crippen LogP contribution in [-0.2, 0) is 21.2 Å². The summed E-state index contributed by atoms with van der Waals surface area (Å²) in [4.78, 5) is 13.0. The maximum Gasteiger partial charge on any atom is 0.244 e. The maximum atomic E-state index is 13.0. The third-order valence-corrected chi connectivity index (χ3v) is 6.44. The number of hydrogen-bond donors (Lipinski definition) is 1. The molecule has 0 heterocycles. The van der Waals surface area contributed by atoms with Crippen molar-refractivity contribution in [3.8, 4) is 0 Å². The largest absolute Gasteiger partial charge is 0.348 e. The number of halogens is 2. The van der Waals surface area contributed by atoms with Crippen LogP contribution in [0.2, 0.25) is 10.0 Å². The molecule has 0 saturated heterocycles. The first kappa shape index (κ1) is 23.5. The number of nitrogens with zero attached hydrogens (tertiary/aromatic N) is 1. The second-order valence-corrected chi connectivity index (χ2v) is 9.61. The number of rotatable bonds is 8. The van der Waals surface area contributed by atoms with Gasteiger partial charge in [-0.1, -0.05) is 61.3 Å². The lowest BCUT2D eigenvalue weighted by Crippen LogP contribution is -2.49. The molecule has 0 radical (unpaired) electrons. The summed E-state index contributed by atoms with van der Waals surface area (Å²) in [6.07, 6.45) is 2.25. The van der Waals surface area contributed by atoms with Crippen LogP contribution >= 0.6 is 23.2 Å². The summed E-state index contributed by atoms with van der Waals surface area (Å²) in [7, 11) is -3.79. The number of nitrogens with one attached hydrogen (secondary N) is 1. The van der Waals surface area contributed by atoms with E-state index in [-0.39, 0.29) is 23.2 Å². The number of anilines is 1. The number of carbonyl (C=O) groups excluding carboxylic acids is 1. The van der Waals surface area contributed by atoms with Gasteiger partial charge in [0, 0.05) is 5.02 Å². The van der Waals surface area contributed by atoms with Crippen molar-refractivity contribution in [2.24, 2.45) is 0 Å². The molecule has 0 fully saturated rings. The van der Waals surface area contributed by atoms with Gasteiger partial charge in [-0.25, -0.2) is 8.42 Å². The van der Waals surface area contributed by atoms with Crippen molar-refractivity contribution in [2.45, 2.75) is 45.7 Å². The molecular weight excluding hydrogens is 431 g/mol. The lowest BCUT2D eigenvalue weighted by molar-refractivity contribution is -0.122. The molecule has 0 bridgehead atoms. The highest BCUT2D eigenvalue weighted by Gasteiger charge is 2.33. The maximum absolute atomic E-state index is 13.0. The zero-order valence-electron chi connectivity index (χ0n) is 16.9. The van der Waals surface area contributed by atoms with Crippen LogP contribution in [0, 0.1) is 0 Å². The van der Waals surface area contributed by atoms with E-state index in [9.17, 15) is 13.2 Å². The van der Waals surface area contributed by atoms with Gasteiger partial charge in [0.25, 0.3) is 0 Å². The summed E-state index contributed by atoms with van der Waals surface area (Å²) in [5, 5.41) is 3.45. The van der Waals surface area contributed by atoms with E-state index in [2.05, 4.69) is 12.2 Å². The SMILES string of the molecule is CCc1ccc([C@H](C)NC(=O)[C@H](CC)N(c2cc(Cl)ccc2Cl)S(C)(=O)=O)cc1. The van der Waals surface area contributed by atoms with Gasteiger partial charge in [0.15, 0.2) is 0 Å². The predicted octanol–water partition coefficient (Wildman–Crippen LogP) is 4.98. The summed E-state index contributed by atoms with van der Waals surface area (Å²) >= 11 is 12.3. The zero-order chi connectivity index (χ0) is 21.8. The summed E-state index contributed by atoms with van der Waals surface area (Å²) in [6, 6.07) is 11.3. The summed E-state index contributed by atoms with van der Waals surface area (Å²) in [6.45, 7) is 5.69. The molecule has 2 atom stereocenters. The van der Waals surface area contributed by atoms with Crippen LogP contribution in [-0.4, -0.2) is 26.6 Å². The molecule has 0 aliphatic carbocycles. The number of aryl methyl sites for hydroxylation is 1. The molecule has 1 amide bonds.